The highest BCUT2D eigenvalue weighted by molar-refractivity contribution is 5.76. The molecule has 0 atom stereocenters. The predicted octanol–water partition coefficient (Wildman–Crippen LogP) is 3.70. The molecule has 3 nitrogen and oxygen atoms in total. The number of carbonyl (C=O) groups excluding carboxylic acids is 1. The van der Waals surface area contributed by atoms with Crippen molar-refractivity contribution in [1.29, 1.82) is 0 Å². The van der Waals surface area contributed by atoms with E-state index < -0.39 is 0 Å². The lowest BCUT2D eigenvalue weighted by Gasteiger charge is -2.12. The van der Waals surface area contributed by atoms with Gasteiger partial charge in [0.1, 0.15) is 12.9 Å². The topological polar surface area (TPSA) is 35.5 Å². The summed E-state index contributed by atoms with van der Waals surface area (Å²) in [5.41, 5.74) is 4.15. The maximum Gasteiger partial charge on any atom is 0.162 e. The molecule has 0 fully saturated rings. The highest BCUT2D eigenvalue weighted by atomic mass is 16.5. The van der Waals surface area contributed by atoms with Gasteiger partial charge in [-0.25, -0.2) is 0 Å². The van der Waals surface area contributed by atoms with Crippen LogP contribution in [0.4, 0.5) is 0 Å². The number of hydrogen-bond acceptors (Lipinski definition) is 3. The standard InChI is InChI=1S/C17H18O3/c1-12-4-5-15(8-13(12)2)11-20-17-9-14(10-18)6-7-16(17)19-3/h4-10H,11H2,1-3H3. The minimum Gasteiger partial charge on any atom is -0.493 e. The Morgan fingerprint density at radius 3 is 2.45 bits per heavy atom. The summed E-state index contributed by atoms with van der Waals surface area (Å²) in [7, 11) is 1.58. The number of ether oxygens (including phenoxy) is 2. The molecule has 0 saturated heterocycles. The molecule has 0 heterocycles. The van der Waals surface area contributed by atoms with Crippen molar-refractivity contribution in [2.45, 2.75) is 20.5 Å². The van der Waals surface area contributed by atoms with Gasteiger partial charge in [0.15, 0.2) is 11.5 Å². The first kappa shape index (κ1) is 14.1. The Balaban J connectivity index is 2.17. The van der Waals surface area contributed by atoms with Crippen LogP contribution in [0.15, 0.2) is 36.4 Å². The van der Waals surface area contributed by atoms with Crippen LogP contribution in [0, 0.1) is 13.8 Å². The molecule has 0 bridgehead atoms. The lowest BCUT2D eigenvalue weighted by molar-refractivity contribution is 0.112. The molecule has 20 heavy (non-hydrogen) atoms. The minimum atomic E-state index is 0.444. The number of aldehydes is 1. The molecule has 3 heteroatoms. The molecule has 0 radical (unpaired) electrons. The minimum absolute atomic E-state index is 0.444. The Labute approximate surface area is 119 Å². The van der Waals surface area contributed by atoms with Crippen LogP contribution in [0.3, 0.4) is 0 Å². The molecule has 2 aromatic carbocycles. The van der Waals surface area contributed by atoms with Crippen LogP contribution in [-0.2, 0) is 6.61 Å². The number of methoxy groups -OCH3 is 1. The van der Waals surface area contributed by atoms with E-state index in [1.54, 1.807) is 25.3 Å². The SMILES string of the molecule is COc1ccc(C=O)cc1OCc1ccc(C)c(C)c1. The third-order valence-electron chi connectivity index (χ3n) is 3.29. The molecule has 0 spiro atoms. The van der Waals surface area contributed by atoms with Crippen molar-refractivity contribution >= 4 is 6.29 Å². The van der Waals surface area contributed by atoms with E-state index in [0.29, 0.717) is 23.7 Å². The molecule has 0 aliphatic rings. The first-order valence-corrected chi connectivity index (χ1v) is 6.46. The summed E-state index contributed by atoms with van der Waals surface area (Å²) in [6, 6.07) is 11.3. The fraction of sp³-hybridized carbons (Fsp3) is 0.235. The Morgan fingerprint density at radius 2 is 1.80 bits per heavy atom. The molecule has 104 valence electrons. The quantitative estimate of drug-likeness (QED) is 0.777. The Bertz CT molecular complexity index is 618. The van der Waals surface area contributed by atoms with Crippen molar-refractivity contribution in [2.75, 3.05) is 7.11 Å². The zero-order valence-electron chi connectivity index (χ0n) is 12.0. The molecule has 0 aliphatic heterocycles. The molecule has 2 rings (SSSR count). The van der Waals surface area contributed by atoms with Crippen molar-refractivity contribution in [3.8, 4) is 11.5 Å². The second-order valence-corrected chi connectivity index (χ2v) is 4.74. The van der Waals surface area contributed by atoms with E-state index in [-0.39, 0.29) is 0 Å². The van der Waals surface area contributed by atoms with Crippen LogP contribution in [0.1, 0.15) is 27.0 Å². The Kier molecular flexibility index (Phi) is 4.41. The number of aryl methyl sites for hydroxylation is 2. The van der Waals surface area contributed by atoms with Gasteiger partial charge in [-0.2, -0.15) is 0 Å². The smallest absolute Gasteiger partial charge is 0.162 e. The highest BCUT2D eigenvalue weighted by Crippen LogP contribution is 2.28. The first-order valence-electron chi connectivity index (χ1n) is 6.46. The number of benzene rings is 2. The van der Waals surface area contributed by atoms with Crippen molar-refractivity contribution in [3.05, 3.63) is 58.7 Å². The number of carbonyl (C=O) groups is 1. The summed E-state index contributed by atoms with van der Waals surface area (Å²) in [4.78, 5) is 10.8. The van der Waals surface area contributed by atoms with Crippen LogP contribution in [-0.4, -0.2) is 13.4 Å². The third-order valence-corrected chi connectivity index (χ3v) is 3.29. The number of rotatable bonds is 5. The van der Waals surface area contributed by atoms with Crippen molar-refractivity contribution in [3.63, 3.8) is 0 Å². The van der Waals surface area contributed by atoms with Gasteiger partial charge in [0, 0.05) is 5.56 Å². The predicted molar refractivity (Wildman–Crippen MR) is 78.6 cm³/mol. The molecule has 0 unspecified atom stereocenters. The average molecular weight is 270 g/mol. The summed E-state index contributed by atoms with van der Waals surface area (Å²) in [5.74, 6) is 1.20. The third kappa shape index (κ3) is 3.18. The van der Waals surface area contributed by atoms with Crippen molar-refractivity contribution in [2.24, 2.45) is 0 Å². The van der Waals surface area contributed by atoms with Crippen LogP contribution in [0.25, 0.3) is 0 Å². The highest BCUT2D eigenvalue weighted by Gasteiger charge is 2.06. The molecule has 0 aromatic heterocycles. The van der Waals surface area contributed by atoms with Gasteiger partial charge in [0.2, 0.25) is 0 Å². The fourth-order valence-corrected chi connectivity index (χ4v) is 1.93. The van der Waals surface area contributed by atoms with Gasteiger partial charge in [-0.05, 0) is 48.7 Å². The molecule has 0 aliphatic carbocycles. The fourth-order valence-electron chi connectivity index (χ4n) is 1.93. The average Bonchev–Trinajstić information content (AvgIpc) is 2.48. The van der Waals surface area contributed by atoms with E-state index in [9.17, 15) is 4.79 Å². The maximum atomic E-state index is 10.8. The number of hydrogen-bond donors (Lipinski definition) is 0. The molecule has 0 N–H and O–H groups in total. The summed E-state index contributed by atoms with van der Waals surface area (Å²) >= 11 is 0. The van der Waals surface area contributed by atoms with Gasteiger partial charge in [0.05, 0.1) is 7.11 Å². The van der Waals surface area contributed by atoms with E-state index in [0.717, 1.165) is 11.8 Å². The van der Waals surface area contributed by atoms with Crippen LogP contribution < -0.4 is 9.47 Å². The summed E-state index contributed by atoms with van der Waals surface area (Å²) in [5, 5.41) is 0. The molecular formula is C17H18O3. The summed E-state index contributed by atoms with van der Waals surface area (Å²) < 4.78 is 11.0. The largest absolute Gasteiger partial charge is 0.493 e. The second kappa shape index (κ2) is 6.24. The lowest BCUT2D eigenvalue weighted by Crippen LogP contribution is -1.99. The first-order chi connectivity index (χ1) is 9.63. The van der Waals surface area contributed by atoms with Gasteiger partial charge >= 0.3 is 0 Å². The summed E-state index contributed by atoms with van der Waals surface area (Å²) in [6.07, 6.45) is 0.794. The normalized spacial score (nSPS) is 10.2. The Morgan fingerprint density at radius 1 is 1.00 bits per heavy atom. The van der Waals surface area contributed by atoms with Crippen LogP contribution in [0.5, 0.6) is 11.5 Å². The monoisotopic (exact) mass is 270 g/mol. The van der Waals surface area contributed by atoms with Gasteiger partial charge in [-0.1, -0.05) is 18.2 Å². The molecule has 0 amide bonds. The van der Waals surface area contributed by atoms with E-state index in [4.69, 9.17) is 9.47 Å². The van der Waals surface area contributed by atoms with Crippen molar-refractivity contribution in [1.82, 2.24) is 0 Å². The zero-order valence-corrected chi connectivity index (χ0v) is 12.0. The van der Waals surface area contributed by atoms with Crippen LogP contribution in [0.2, 0.25) is 0 Å². The lowest BCUT2D eigenvalue weighted by atomic mass is 10.1. The van der Waals surface area contributed by atoms with Gasteiger partial charge in [-0.3, -0.25) is 4.79 Å². The van der Waals surface area contributed by atoms with E-state index >= 15 is 0 Å². The molecular weight excluding hydrogens is 252 g/mol. The maximum absolute atomic E-state index is 10.8. The Hall–Kier alpha value is -2.29. The molecule has 2 aromatic rings. The van der Waals surface area contributed by atoms with Gasteiger partial charge < -0.3 is 9.47 Å². The van der Waals surface area contributed by atoms with Gasteiger partial charge in [0.25, 0.3) is 0 Å². The van der Waals surface area contributed by atoms with E-state index in [1.165, 1.54) is 11.1 Å². The zero-order chi connectivity index (χ0) is 14.5. The van der Waals surface area contributed by atoms with E-state index in [1.807, 2.05) is 6.07 Å². The van der Waals surface area contributed by atoms with Crippen LogP contribution >= 0.6 is 0 Å². The second-order valence-electron chi connectivity index (χ2n) is 4.74. The summed E-state index contributed by atoms with van der Waals surface area (Å²) in [6.45, 7) is 4.60. The molecule has 0 saturated carbocycles. The van der Waals surface area contributed by atoms with E-state index in [2.05, 4.69) is 26.0 Å². The van der Waals surface area contributed by atoms with Gasteiger partial charge in [-0.15, -0.1) is 0 Å². The van der Waals surface area contributed by atoms with Crippen molar-refractivity contribution < 1.29 is 14.3 Å².